The molecule has 11 heteroatoms. The van der Waals surface area contributed by atoms with Gasteiger partial charge in [0.2, 0.25) is 5.91 Å². The van der Waals surface area contributed by atoms with Crippen LogP contribution in [0.3, 0.4) is 0 Å². The second-order valence-corrected chi connectivity index (χ2v) is 10.7. The van der Waals surface area contributed by atoms with Crippen LogP contribution in [0.15, 0.2) is 66.9 Å². The van der Waals surface area contributed by atoms with Gasteiger partial charge in [-0.05, 0) is 92.6 Å². The van der Waals surface area contributed by atoms with Gasteiger partial charge in [-0.15, -0.1) is 0 Å². The van der Waals surface area contributed by atoms with Crippen molar-refractivity contribution in [2.45, 2.75) is 32.9 Å². The van der Waals surface area contributed by atoms with E-state index >= 15 is 0 Å². The molecule has 10 nitrogen and oxygen atoms in total. The smallest absolute Gasteiger partial charge is 0.335 e. The molecule has 43 heavy (non-hydrogen) atoms. The van der Waals surface area contributed by atoms with E-state index < -0.39 is 5.97 Å². The molecule has 0 spiro atoms. The Morgan fingerprint density at radius 3 is 2.53 bits per heavy atom. The number of carboxylic acid groups (broad SMARTS) is 1. The van der Waals surface area contributed by atoms with Crippen molar-refractivity contribution >= 4 is 40.6 Å². The number of hydrogen-bond donors (Lipinski definition) is 3. The fourth-order valence-electron chi connectivity index (χ4n) is 5.65. The summed E-state index contributed by atoms with van der Waals surface area (Å²) in [6.07, 6.45) is 1.75. The van der Waals surface area contributed by atoms with Crippen molar-refractivity contribution in [1.82, 2.24) is 14.9 Å². The van der Waals surface area contributed by atoms with Gasteiger partial charge in [0, 0.05) is 36.1 Å². The van der Waals surface area contributed by atoms with E-state index in [2.05, 4.69) is 26.3 Å². The third-order valence-corrected chi connectivity index (χ3v) is 7.91. The maximum Gasteiger partial charge on any atom is 0.335 e. The zero-order chi connectivity index (χ0) is 30.8. The largest absolute Gasteiger partial charge is 0.495 e. The molecule has 0 saturated carbocycles. The number of benzene rings is 2. The number of thiocarbonyl (C=S) groups is 1. The number of rotatable bonds is 9. The molecule has 2 unspecified atom stereocenters. The highest BCUT2D eigenvalue weighted by Crippen LogP contribution is 2.45. The summed E-state index contributed by atoms with van der Waals surface area (Å²) in [7, 11) is 3.00. The Balaban J connectivity index is 1.67. The number of methoxy groups -OCH3 is 2. The van der Waals surface area contributed by atoms with Crippen LogP contribution in [0.25, 0.3) is 5.69 Å². The van der Waals surface area contributed by atoms with Gasteiger partial charge in [0.25, 0.3) is 0 Å². The molecular weight excluding hydrogens is 566 g/mol. The van der Waals surface area contributed by atoms with Gasteiger partial charge >= 0.3 is 5.97 Å². The molecular formula is C32H33N5O5S. The van der Waals surface area contributed by atoms with Gasteiger partial charge < -0.3 is 34.7 Å². The van der Waals surface area contributed by atoms with Crippen molar-refractivity contribution in [2.75, 3.05) is 31.0 Å². The molecule has 1 saturated heterocycles. The number of anilines is 2. The van der Waals surface area contributed by atoms with Crippen LogP contribution in [0, 0.1) is 20.8 Å². The minimum atomic E-state index is -0.983. The molecule has 5 rings (SSSR count). The van der Waals surface area contributed by atoms with Gasteiger partial charge in [-0.2, -0.15) is 0 Å². The molecule has 0 bridgehead atoms. The maximum atomic E-state index is 12.4. The molecule has 4 aromatic rings. The number of amides is 1. The van der Waals surface area contributed by atoms with E-state index in [1.165, 1.54) is 7.11 Å². The monoisotopic (exact) mass is 599 g/mol. The zero-order valence-electron chi connectivity index (χ0n) is 24.5. The maximum absolute atomic E-state index is 12.4. The fraction of sp³-hybridized carbons (Fsp3) is 0.250. The average molecular weight is 600 g/mol. The van der Waals surface area contributed by atoms with Crippen LogP contribution >= 0.6 is 12.2 Å². The first-order chi connectivity index (χ1) is 20.6. The lowest BCUT2D eigenvalue weighted by molar-refractivity contribution is -0.119. The summed E-state index contributed by atoms with van der Waals surface area (Å²) < 4.78 is 12.6. The number of aromatic nitrogens is 2. The molecule has 1 aliphatic rings. The van der Waals surface area contributed by atoms with Crippen LogP contribution in [-0.2, 0) is 9.53 Å². The van der Waals surface area contributed by atoms with Crippen molar-refractivity contribution in [1.29, 1.82) is 0 Å². The van der Waals surface area contributed by atoms with E-state index in [0.29, 0.717) is 16.5 Å². The lowest BCUT2D eigenvalue weighted by Gasteiger charge is -2.29. The number of pyridine rings is 1. The van der Waals surface area contributed by atoms with E-state index in [1.807, 2.05) is 62.1 Å². The summed E-state index contributed by atoms with van der Waals surface area (Å²) in [5.41, 5.74) is 6.86. The first-order valence-corrected chi connectivity index (χ1v) is 14.1. The van der Waals surface area contributed by atoms with Crippen LogP contribution < -0.4 is 20.3 Å². The Hall–Kier alpha value is -4.74. The summed E-state index contributed by atoms with van der Waals surface area (Å²) in [6, 6.07) is 17.9. The van der Waals surface area contributed by atoms with Crippen molar-refractivity contribution in [3.8, 4) is 11.4 Å². The third-order valence-electron chi connectivity index (χ3n) is 7.59. The van der Waals surface area contributed by atoms with Gasteiger partial charge in [0.05, 0.1) is 36.1 Å². The number of aryl methyl sites for hydroxylation is 2. The first-order valence-electron chi connectivity index (χ1n) is 13.6. The number of hydrogen-bond acceptors (Lipinski definition) is 6. The second kappa shape index (κ2) is 12.2. The molecule has 222 valence electrons. The lowest BCUT2D eigenvalue weighted by atomic mass is 9.96. The molecule has 2 aromatic heterocycles. The number of nitrogens with zero attached hydrogens (tertiary/aromatic N) is 3. The van der Waals surface area contributed by atoms with Crippen molar-refractivity contribution in [2.24, 2.45) is 0 Å². The Kier molecular flexibility index (Phi) is 8.47. The number of ether oxygens (including phenoxy) is 2. The van der Waals surface area contributed by atoms with Crippen LogP contribution in [0.1, 0.15) is 50.7 Å². The normalized spacial score (nSPS) is 16.2. The Bertz CT molecular complexity index is 1700. The summed E-state index contributed by atoms with van der Waals surface area (Å²) in [6.45, 7) is 5.89. The Morgan fingerprint density at radius 2 is 1.86 bits per heavy atom. The van der Waals surface area contributed by atoms with Crippen LogP contribution in [-0.4, -0.2) is 52.5 Å². The predicted molar refractivity (Wildman–Crippen MR) is 168 cm³/mol. The number of nitrogens with one attached hydrogen (secondary N) is 2. The van der Waals surface area contributed by atoms with E-state index in [4.69, 9.17) is 21.7 Å². The van der Waals surface area contributed by atoms with Crippen molar-refractivity contribution in [3.63, 3.8) is 0 Å². The van der Waals surface area contributed by atoms with Gasteiger partial charge in [0.1, 0.15) is 12.4 Å². The topological polar surface area (TPSA) is 118 Å². The fourth-order valence-corrected chi connectivity index (χ4v) is 6.00. The van der Waals surface area contributed by atoms with Gasteiger partial charge in [0.15, 0.2) is 5.11 Å². The van der Waals surface area contributed by atoms with Crippen molar-refractivity contribution < 1.29 is 24.2 Å². The van der Waals surface area contributed by atoms with Crippen molar-refractivity contribution in [3.05, 3.63) is 101 Å². The summed E-state index contributed by atoms with van der Waals surface area (Å²) in [5, 5.41) is 16.5. The number of aromatic carboxylic acids is 1. The van der Waals surface area contributed by atoms with E-state index in [9.17, 15) is 14.7 Å². The van der Waals surface area contributed by atoms with E-state index in [-0.39, 0.29) is 30.2 Å². The third kappa shape index (κ3) is 5.69. The average Bonchev–Trinajstić information content (AvgIpc) is 3.48. The predicted octanol–water partition coefficient (Wildman–Crippen LogP) is 5.27. The van der Waals surface area contributed by atoms with Crippen LogP contribution in [0.4, 0.5) is 11.4 Å². The molecule has 0 radical (unpaired) electrons. The van der Waals surface area contributed by atoms with Crippen LogP contribution in [0.2, 0.25) is 0 Å². The SMILES string of the molecule is COCC(=O)Nc1cc(N2C(=S)NC(c3ccccn3)C2c2cc(C)n(-c3cc(C(=O)O)ccc3C)c2C)ccc1OC. The molecule has 2 aromatic carbocycles. The molecule has 3 N–H and O–H groups in total. The minimum absolute atomic E-state index is 0.101. The van der Waals surface area contributed by atoms with E-state index in [1.54, 1.807) is 31.5 Å². The molecule has 0 aliphatic carbocycles. The van der Waals surface area contributed by atoms with Gasteiger partial charge in [-0.25, -0.2) is 4.79 Å². The summed E-state index contributed by atoms with van der Waals surface area (Å²) in [4.78, 5) is 30.9. The minimum Gasteiger partial charge on any atom is -0.495 e. The molecule has 3 heterocycles. The second-order valence-electron chi connectivity index (χ2n) is 10.3. The Labute approximate surface area is 255 Å². The van der Waals surface area contributed by atoms with Gasteiger partial charge in [-0.1, -0.05) is 12.1 Å². The Morgan fingerprint density at radius 1 is 1.07 bits per heavy atom. The van der Waals surface area contributed by atoms with Crippen LogP contribution in [0.5, 0.6) is 5.75 Å². The highest BCUT2D eigenvalue weighted by molar-refractivity contribution is 7.80. The lowest BCUT2D eigenvalue weighted by Crippen LogP contribution is -2.29. The highest BCUT2D eigenvalue weighted by atomic mass is 32.1. The number of carboxylic acids is 1. The zero-order valence-corrected chi connectivity index (χ0v) is 25.4. The standard InChI is InChI=1S/C32H33N5O5S/c1-18-9-10-21(31(39)40)15-26(18)36-19(2)14-23(20(36)3)30-29(24-8-6-7-13-33-24)35-32(43)37(30)22-11-12-27(42-5)25(16-22)34-28(38)17-41-4/h6-16,29-30H,17H2,1-5H3,(H,34,38)(H,35,43)(H,39,40). The van der Waals surface area contributed by atoms with Gasteiger partial charge in [-0.3, -0.25) is 9.78 Å². The van der Waals surface area contributed by atoms with E-state index in [0.717, 1.165) is 39.6 Å². The molecule has 2 atom stereocenters. The molecule has 1 fully saturated rings. The highest BCUT2D eigenvalue weighted by Gasteiger charge is 2.42. The molecule has 1 amide bonds. The summed E-state index contributed by atoms with van der Waals surface area (Å²) >= 11 is 5.93. The molecule has 1 aliphatic heterocycles. The first kappa shape index (κ1) is 29.7. The quantitative estimate of drug-likeness (QED) is 0.221. The number of carbonyl (C=O) groups is 2. The number of carbonyl (C=O) groups excluding carboxylic acids is 1. The summed E-state index contributed by atoms with van der Waals surface area (Å²) in [5.74, 6) is -0.801.